The summed E-state index contributed by atoms with van der Waals surface area (Å²) in [5.41, 5.74) is 0.960. The summed E-state index contributed by atoms with van der Waals surface area (Å²) in [5.74, 6) is -0.774. The second-order valence-corrected chi connectivity index (χ2v) is 4.32. The van der Waals surface area contributed by atoms with Crippen LogP contribution in [0.4, 0.5) is 14.5 Å². The highest BCUT2D eigenvalue weighted by Crippen LogP contribution is 2.22. The third-order valence-corrected chi connectivity index (χ3v) is 2.96. The normalized spacial score (nSPS) is 10.3. The van der Waals surface area contributed by atoms with Crippen LogP contribution >= 0.6 is 11.6 Å². The number of ether oxygens (including phenoxy) is 1. The Kier molecular flexibility index (Phi) is 4.22. The lowest BCUT2D eigenvalue weighted by Gasteiger charge is -2.09. The van der Waals surface area contributed by atoms with Crippen molar-refractivity contribution in [3.05, 3.63) is 58.6 Å². The van der Waals surface area contributed by atoms with E-state index >= 15 is 0 Å². The third kappa shape index (κ3) is 3.15. The van der Waals surface area contributed by atoms with Crippen LogP contribution in [0.5, 0.6) is 5.75 Å². The van der Waals surface area contributed by atoms with Crippen LogP contribution in [0.3, 0.4) is 0 Å². The fraction of sp³-hybridized carbons (Fsp3) is 0.143. The number of methoxy groups -OCH3 is 1. The molecular formula is C14H12ClF2NO. The van der Waals surface area contributed by atoms with Crippen LogP contribution in [-0.2, 0) is 6.54 Å². The molecule has 2 rings (SSSR count). The Morgan fingerprint density at radius 3 is 2.68 bits per heavy atom. The lowest BCUT2D eigenvalue weighted by molar-refractivity contribution is 0.386. The molecule has 0 spiro atoms. The first-order chi connectivity index (χ1) is 9.11. The second-order valence-electron chi connectivity index (χ2n) is 3.92. The van der Waals surface area contributed by atoms with Crippen LogP contribution in [-0.4, -0.2) is 7.11 Å². The van der Waals surface area contributed by atoms with Crippen molar-refractivity contribution in [2.75, 3.05) is 12.4 Å². The van der Waals surface area contributed by atoms with Gasteiger partial charge in [-0.25, -0.2) is 8.78 Å². The molecule has 0 bridgehead atoms. The van der Waals surface area contributed by atoms with Gasteiger partial charge >= 0.3 is 0 Å². The predicted molar refractivity (Wildman–Crippen MR) is 71.7 cm³/mol. The molecule has 0 unspecified atom stereocenters. The quantitative estimate of drug-likeness (QED) is 0.906. The van der Waals surface area contributed by atoms with E-state index in [1.54, 1.807) is 18.2 Å². The van der Waals surface area contributed by atoms with E-state index in [2.05, 4.69) is 5.32 Å². The summed E-state index contributed by atoms with van der Waals surface area (Å²) in [6.45, 7) is 0.220. The smallest absolute Gasteiger partial charge is 0.167 e. The fourth-order valence-corrected chi connectivity index (χ4v) is 1.85. The molecular weight excluding hydrogens is 272 g/mol. The van der Waals surface area contributed by atoms with Crippen molar-refractivity contribution in [2.24, 2.45) is 0 Å². The van der Waals surface area contributed by atoms with Gasteiger partial charge in [0.2, 0.25) is 0 Å². The molecule has 2 nitrogen and oxygen atoms in total. The lowest BCUT2D eigenvalue weighted by atomic mass is 10.2. The molecule has 1 N–H and O–H groups in total. The first kappa shape index (κ1) is 13.6. The summed E-state index contributed by atoms with van der Waals surface area (Å²) in [5, 5.41) is 3.00. The molecule has 0 aliphatic rings. The van der Waals surface area contributed by atoms with E-state index in [0.717, 1.165) is 0 Å². The zero-order valence-corrected chi connectivity index (χ0v) is 11.0. The third-order valence-electron chi connectivity index (χ3n) is 2.67. The molecule has 0 atom stereocenters. The standard InChI is InChI=1S/C14H12ClF2NO/c1-19-13-6-5-10(7-12(13)16)18-8-9-3-2-4-11(15)14(9)17/h2-7,18H,8H2,1H3. The topological polar surface area (TPSA) is 21.3 Å². The summed E-state index contributed by atoms with van der Waals surface area (Å²) >= 11 is 5.68. The predicted octanol–water partition coefficient (Wildman–Crippen LogP) is 4.24. The Bertz CT molecular complexity index is 590. The first-order valence-corrected chi connectivity index (χ1v) is 6.00. The van der Waals surface area contributed by atoms with E-state index in [1.165, 1.54) is 25.3 Å². The van der Waals surface area contributed by atoms with Crippen molar-refractivity contribution in [1.29, 1.82) is 0 Å². The molecule has 0 heterocycles. The minimum absolute atomic E-state index is 0.0696. The number of halogens is 3. The minimum atomic E-state index is -0.473. The maximum atomic E-state index is 13.6. The fourth-order valence-electron chi connectivity index (χ4n) is 1.66. The summed E-state index contributed by atoms with van der Waals surface area (Å²) in [4.78, 5) is 0. The Labute approximate surface area is 115 Å². The molecule has 0 aliphatic heterocycles. The van der Waals surface area contributed by atoms with Gasteiger partial charge in [-0.1, -0.05) is 23.7 Å². The SMILES string of the molecule is COc1ccc(NCc2cccc(Cl)c2F)cc1F. The molecule has 0 saturated heterocycles. The maximum absolute atomic E-state index is 13.6. The number of hydrogen-bond acceptors (Lipinski definition) is 2. The number of hydrogen-bond donors (Lipinski definition) is 1. The van der Waals surface area contributed by atoms with Crippen molar-refractivity contribution < 1.29 is 13.5 Å². The van der Waals surface area contributed by atoms with Crippen molar-refractivity contribution in [2.45, 2.75) is 6.54 Å². The Hall–Kier alpha value is -1.81. The van der Waals surface area contributed by atoms with Crippen molar-refractivity contribution >= 4 is 17.3 Å². The zero-order valence-electron chi connectivity index (χ0n) is 10.2. The van der Waals surface area contributed by atoms with E-state index in [9.17, 15) is 8.78 Å². The average Bonchev–Trinajstić information content (AvgIpc) is 2.40. The Morgan fingerprint density at radius 2 is 2.00 bits per heavy atom. The number of benzene rings is 2. The monoisotopic (exact) mass is 283 g/mol. The van der Waals surface area contributed by atoms with Gasteiger partial charge in [0.15, 0.2) is 11.6 Å². The summed E-state index contributed by atoms with van der Waals surface area (Å²) in [7, 11) is 1.40. The average molecular weight is 284 g/mol. The van der Waals surface area contributed by atoms with Crippen LogP contribution < -0.4 is 10.1 Å². The van der Waals surface area contributed by atoms with Gasteiger partial charge in [-0.05, 0) is 18.2 Å². The highest BCUT2D eigenvalue weighted by Gasteiger charge is 2.07. The molecule has 0 radical (unpaired) electrons. The van der Waals surface area contributed by atoms with E-state index in [4.69, 9.17) is 16.3 Å². The van der Waals surface area contributed by atoms with Gasteiger partial charge in [0, 0.05) is 23.9 Å². The van der Waals surface area contributed by atoms with Gasteiger partial charge in [0.05, 0.1) is 12.1 Å². The van der Waals surface area contributed by atoms with Crippen LogP contribution in [0.25, 0.3) is 0 Å². The van der Waals surface area contributed by atoms with Gasteiger partial charge in [0.25, 0.3) is 0 Å². The molecule has 100 valence electrons. The molecule has 19 heavy (non-hydrogen) atoms. The van der Waals surface area contributed by atoms with Crippen molar-refractivity contribution in [3.63, 3.8) is 0 Å². The number of anilines is 1. The molecule has 5 heteroatoms. The highest BCUT2D eigenvalue weighted by molar-refractivity contribution is 6.30. The lowest BCUT2D eigenvalue weighted by Crippen LogP contribution is -2.02. The van der Waals surface area contributed by atoms with E-state index in [1.807, 2.05) is 0 Å². The maximum Gasteiger partial charge on any atom is 0.167 e. The van der Waals surface area contributed by atoms with Crippen molar-refractivity contribution in [3.8, 4) is 5.75 Å². The molecule has 0 aliphatic carbocycles. The molecule has 0 amide bonds. The molecule has 0 aromatic heterocycles. The number of nitrogens with one attached hydrogen (secondary N) is 1. The first-order valence-electron chi connectivity index (χ1n) is 5.62. The van der Waals surface area contributed by atoms with Gasteiger partial charge in [0.1, 0.15) is 5.82 Å². The van der Waals surface area contributed by atoms with Gasteiger partial charge in [-0.2, -0.15) is 0 Å². The molecule has 0 saturated carbocycles. The van der Waals surface area contributed by atoms with Crippen LogP contribution in [0, 0.1) is 11.6 Å². The Balaban J connectivity index is 2.10. The van der Waals surface area contributed by atoms with Gasteiger partial charge < -0.3 is 10.1 Å². The molecule has 2 aromatic carbocycles. The van der Waals surface area contributed by atoms with Gasteiger partial charge in [-0.15, -0.1) is 0 Å². The van der Waals surface area contributed by atoms with Gasteiger partial charge in [-0.3, -0.25) is 0 Å². The molecule has 0 fully saturated rings. The van der Waals surface area contributed by atoms with Crippen molar-refractivity contribution in [1.82, 2.24) is 0 Å². The van der Waals surface area contributed by atoms with E-state index in [0.29, 0.717) is 11.3 Å². The highest BCUT2D eigenvalue weighted by atomic mass is 35.5. The summed E-state index contributed by atoms with van der Waals surface area (Å²) < 4.78 is 31.9. The van der Waals surface area contributed by atoms with E-state index in [-0.39, 0.29) is 17.3 Å². The largest absolute Gasteiger partial charge is 0.494 e. The van der Waals surface area contributed by atoms with E-state index < -0.39 is 11.6 Å². The summed E-state index contributed by atoms with van der Waals surface area (Å²) in [6, 6.07) is 9.22. The summed E-state index contributed by atoms with van der Waals surface area (Å²) in [6.07, 6.45) is 0. The zero-order chi connectivity index (χ0) is 13.8. The van der Waals surface area contributed by atoms with Crippen LogP contribution in [0.2, 0.25) is 5.02 Å². The van der Waals surface area contributed by atoms with Crippen LogP contribution in [0.1, 0.15) is 5.56 Å². The Morgan fingerprint density at radius 1 is 1.21 bits per heavy atom. The van der Waals surface area contributed by atoms with Crippen LogP contribution in [0.15, 0.2) is 36.4 Å². The number of rotatable bonds is 4. The molecule has 2 aromatic rings. The minimum Gasteiger partial charge on any atom is -0.494 e. The second kappa shape index (κ2) is 5.89.